The molecule has 0 heterocycles. The fourth-order valence-corrected chi connectivity index (χ4v) is 2.11. The van der Waals surface area contributed by atoms with Gasteiger partial charge in [-0.3, -0.25) is 19.7 Å². The molecule has 0 bridgehead atoms. The molecule has 0 aliphatic carbocycles. The summed E-state index contributed by atoms with van der Waals surface area (Å²) in [5.41, 5.74) is 6.08. The number of nitro benzene ring substituents is 1. The molecular weight excluding hydrogens is 312 g/mol. The van der Waals surface area contributed by atoms with Gasteiger partial charge >= 0.3 is 0 Å². The minimum absolute atomic E-state index is 0.0583. The van der Waals surface area contributed by atoms with E-state index in [1.807, 2.05) is 0 Å². The van der Waals surface area contributed by atoms with Crippen molar-refractivity contribution in [2.24, 2.45) is 5.73 Å². The Morgan fingerprint density at radius 2 is 1.67 bits per heavy atom. The van der Waals surface area contributed by atoms with Gasteiger partial charge in [-0.05, 0) is 18.2 Å². The number of amides is 2. The summed E-state index contributed by atoms with van der Waals surface area (Å²) in [6.07, 6.45) is 0.0686. The van der Waals surface area contributed by atoms with Crippen molar-refractivity contribution >= 4 is 28.9 Å². The van der Waals surface area contributed by atoms with Gasteiger partial charge in [0.25, 0.3) is 11.6 Å². The fourth-order valence-electron chi connectivity index (χ4n) is 2.11. The Morgan fingerprint density at radius 3 is 2.33 bits per heavy atom. The molecule has 0 spiro atoms. The van der Waals surface area contributed by atoms with E-state index in [9.17, 15) is 19.7 Å². The predicted octanol–water partition coefficient (Wildman–Crippen LogP) is 2.13. The topological polar surface area (TPSA) is 127 Å². The smallest absolute Gasteiger partial charge is 0.292 e. The number of para-hydroxylation sites is 3. The predicted molar refractivity (Wildman–Crippen MR) is 89.8 cm³/mol. The molecule has 0 aromatic heterocycles. The van der Waals surface area contributed by atoms with E-state index in [4.69, 9.17) is 5.73 Å². The maximum atomic E-state index is 12.0. The van der Waals surface area contributed by atoms with E-state index in [0.717, 1.165) is 0 Å². The van der Waals surface area contributed by atoms with Crippen molar-refractivity contribution in [3.63, 3.8) is 0 Å². The molecule has 24 heavy (non-hydrogen) atoms. The van der Waals surface area contributed by atoms with Crippen molar-refractivity contribution in [1.82, 2.24) is 0 Å². The summed E-state index contributed by atoms with van der Waals surface area (Å²) < 4.78 is 0. The number of nitrogens with zero attached hydrogens (tertiary/aromatic N) is 1. The minimum Gasteiger partial charge on any atom is -0.379 e. The van der Waals surface area contributed by atoms with Gasteiger partial charge in [-0.2, -0.15) is 0 Å². The van der Waals surface area contributed by atoms with Crippen LogP contribution in [0.2, 0.25) is 0 Å². The lowest BCUT2D eigenvalue weighted by Crippen LogP contribution is -2.20. The first-order chi connectivity index (χ1) is 11.5. The van der Waals surface area contributed by atoms with Crippen LogP contribution < -0.4 is 16.4 Å². The van der Waals surface area contributed by atoms with E-state index in [-0.39, 0.29) is 30.1 Å². The Morgan fingerprint density at radius 1 is 1.04 bits per heavy atom. The van der Waals surface area contributed by atoms with Gasteiger partial charge < -0.3 is 16.4 Å². The number of hydrogen-bond acceptors (Lipinski definition) is 5. The zero-order valence-electron chi connectivity index (χ0n) is 12.7. The van der Waals surface area contributed by atoms with Gasteiger partial charge in [0.1, 0.15) is 5.69 Å². The van der Waals surface area contributed by atoms with Crippen LogP contribution in [0.3, 0.4) is 0 Å². The van der Waals surface area contributed by atoms with Crippen LogP contribution in [-0.4, -0.2) is 23.3 Å². The number of hydrogen-bond donors (Lipinski definition) is 3. The molecule has 0 saturated heterocycles. The molecule has 8 heteroatoms. The van der Waals surface area contributed by atoms with Crippen molar-refractivity contribution in [2.45, 2.75) is 6.42 Å². The standard InChI is InChI=1S/C16H16N4O4/c17-16(22)11-5-1-2-6-12(11)19-15(21)9-10-18-13-7-3-4-8-14(13)20(23)24/h1-8,18H,9-10H2,(H2,17,22)(H,19,21). The van der Waals surface area contributed by atoms with Crippen molar-refractivity contribution in [1.29, 1.82) is 0 Å². The molecule has 2 aromatic rings. The maximum absolute atomic E-state index is 12.0. The Hall–Kier alpha value is -3.42. The summed E-state index contributed by atoms with van der Waals surface area (Å²) in [5, 5.41) is 16.4. The van der Waals surface area contributed by atoms with Crippen LogP contribution in [0.1, 0.15) is 16.8 Å². The van der Waals surface area contributed by atoms with Gasteiger partial charge in [0.15, 0.2) is 0 Å². The number of nitro groups is 1. The number of primary amides is 1. The number of carbonyl (C=O) groups excluding carboxylic acids is 2. The second kappa shape index (κ2) is 7.73. The van der Waals surface area contributed by atoms with Crippen molar-refractivity contribution in [3.8, 4) is 0 Å². The first-order valence-electron chi connectivity index (χ1n) is 7.15. The zero-order chi connectivity index (χ0) is 17.5. The molecule has 8 nitrogen and oxygen atoms in total. The Bertz CT molecular complexity index is 776. The van der Waals surface area contributed by atoms with Crippen LogP contribution in [0.25, 0.3) is 0 Å². The molecule has 2 rings (SSSR count). The van der Waals surface area contributed by atoms with Gasteiger partial charge in [0, 0.05) is 19.0 Å². The number of nitrogens with one attached hydrogen (secondary N) is 2. The fraction of sp³-hybridized carbons (Fsp3) is 0.125. The Labute approximate surface area is 137 Å². The SMILES string of the molecule is NC(=O)c1ccccc1NC(=O)CCNc1ccccc1[N+](=O)[O-]. The van der Waals surface area contributed by atoms with Gasteiger partial charge in [0.2, 0.25) is 5.91 Å². The molecule has 0 radical (unpaired) electrons. The maximum Gasteiger partial charge on any atom is 0.292 e. The Kier molecular flexibility index (Phi) is 5.45. The van der Waals surface area contributed by atoms with Gasteiger partial charge in [-0.15, -0.1) is 0 Å². The number of nitrogens with two attached hydrogens (primary N) is 1. The average molecular weight is 328 g/mol. The first kappa shape index (κ1) is 16.9. The minimum atomic E-state index is -0.635. The van der Waals surface area contributed by atoms with Gasteiger partial charge in [0.05, 0.1) is 16.2 Å². The van der Waals surface area contributed by atoms with Crippen molar-refractivity contribution < 1.29 is 14.5 Å². The summed E-state index contributed by atoms with van der Waals surface area (Å²) in [5.74, 6) is -0.973. The van der Waals surface area contributed by atoms with Gasteiger partial charge in [-0.25, -0.2) is 0 Å². The highest BCUT2D eigenvalue weighted by atomic mass is 16.6. The molecule has 124 valence electrons. The van der Waals surface area contributed by atoms with Crippen LogP contribution in [0.5, 0.6) is 0 Å². The molecule has 2 aromatic carbocycles. The third kappa shape index (κ3) is 4.29. The van der Waals surface area contributed by atoms with Crippen LogP contribution in [0.15, 0.2) is 48.5 Å². The molecular formula is C16H16N4O4. The van der Waals surface area contributed by atoms with E-state index < -0.39 is 10.8 Å². The molecule has 0 fully saturated rings. The van der Waals surface area contributed by atoms with E-state index >= 15 is 0 Å². The zero-order valence-corrected chi connectivity index (χ0v) is 12.7. The summed E-state index contributed by atoms with van der Waals surface area (Å²) in [6, 6.07) is 12.6. The lowest BCUT2D eigenvalue weighted by atomic mass is 10.1. The van der Waals surface area contributed by atoms with Crippen molar-refractivity contribution in [2.75, 3.05) is 17.2 Å². The quantitative estimate of drug-likeness (QED) is 0.530. The molecule has 0 aliphatic heterocycles. The second-order valence-corrected chi connectivity index (χ2v) is 4.91. The lowest BCUT2D eigenvalue weighted by molar-refractivity contribution is -0.384. The second-order valence-electron chi connectivity index (χ2n) is 4.91. The van der Waals surface area contributed by atoms with E-state index in [1.54, 1.807) is 36.4 Å². The summed E-state index contributed by atoms with van der Waals surface area (Å²) in [7, 11) is 0. The molecule has 0 atom stereocenters. The first-order valence-corrected chi connectivity index (χ1v) is 7.15. The third-order valence-corrected chi connectivity index (χ3v) is 3.23. The number of carbonyl (C=O) groups is 2. The number of anilines is 2. The van der Waals surface area contributed by atoms with Crippen molar-refractivity contribution in [3.05, 3.63) is 64.2 Å². The van der Waals surface area contributed by atoms with E-state index in [0.29, 0.717) is 11.4 Å². The highest BCUT2D eigenvalue weighted by Gasteiger charge is 2.13. The molecule has 2 amide bonds. The van der Waals surface area contributed by atoms with E-state index in [2.05, 4.69) is 10.6 Å². The van der Waals surface area contributed by atoms with Crippen LogP contribution in [0, 0.1) is 10.1 Å². The average Bonchev–Trinajstić information content (AvgIpc) is 2.55. The molecule has 0 unspecified atom stereocenters. The highest BCUT2D eigenvalue weighted by Crippen LogP contribution is 2.23. The summed E-state index contributed by atoms with van der Waals surface area (Å²) in [6.45, 7) is 0.204. The van der Waals surface area contributed by atoms with Crippen LogP contribution in [-0.2, 0) is 4.79 Å². The monoisotopic (exact) mass is 328 g/mol. The third-order valence-electron chi connectivity index (χ3n) is 3.23. The number of rotatable bonds is 7. The normalized spacial score (nSPS) is 10.0. The summed E-state index contributed by atoms with van der Waals surface area (Å²) >= 11 is 0. The van der Waals surface area contributed by atoms with E-state index in [1.165, 1.54) is 12.1 Å². The lowest BCUT2D eigenvalue weighted by Gasteiger charge is -2.10. The highest BCUT2D eigenvalue weighted by molar-refractivity contribution is 6.03. The van der Waals surface area contributed by atoms with Gasteiger partial charge in [-0.1, -0.05) is 24.3 Å². The molecule has 0 aliphatic rings. The number of benzene rings is 2. The largest absolute Gasteiger partial charge is 0.379 e. The Balaban J connectivity index is 1.93. The summed E-state index contributed by atoms with van der Waals surface area (Å²) in [4.78, 5) is 33.7. The molecule has 4 N–H and O–H groups in total. The molecule has 0 saturated carbocycles. The van der Waals surface area contributed by atoms with Crippen LogP contribution >= 0.6 is 0 Å². The van der Waals surface area contributed by atoms with Crippen LogP contribution in [0.4, 0.5) is 17.1 Å².